The molecule has 2 saturated carbocycles. The van der Waals surface area contributed by atoms with E-state index in [1.165, 1.54) is 32.1 Å². The molecule has 0 radical (unpaired) electrons. The van der Waals surface area contributed by atoms with Gasteiger partial charge in [0.05, 0.1) is 0 Å². The third-order valence-electron chi connectivity index (χ3n) is 4.46. The second kappa shape index (κ2) is 3.10. The average molecular weight is 206 g/mol. The van der Waals surface area contributed by atoms with Crippen LogP contribution in [0.1, 0.15) is 45.4 Å². The topological polar surface area (TPSA) is 26.3 Å². The highest BCUT2D eigenvalue weighted by molar-refractivity contribution is 5.67. The molecule has 2 heteroatoms. The molecule has 0 N–H and O–H groups in total. The highest BCUT2D eigenvalue weighted by atomic mass is 16.6. The van der Waals surface area contributed by atoms with Gasteiger partial charge in [0.25, 0.3) is 0 Å². The second-order valence-corrected chi connectivity index (χ2v) is 5.18. The summed E-state index contributed by atoms with van der Waals surface area (Å²) in [4.78, 5) is 11.2. The van der Waals surface area contributed by atoms with Gasteiger partial charge in [0.2, 0.25) is 0 Å². The van der Waals surface area contributed by atoms with Gasteiger partial charge >= 0.3 is 5.97 Å². The van der Waals surface area contributed by atoms with Gasteiger partial charge < -0.3 is 4.74 Å². The molecule has 82 valence electrons. The first-order valence-corrected chi connectivity index (χ1v) is 6.13. The van der Waals surface area contributed by atoms with Crippen LogP contribution < -0.4 is 0 Å². The largest absolute Gasteiger partial charge is 0.458 e. The Morgan fingerprint density at radius 1 is 1.40 bits per heavy atom. The van der Waals surface area contributed by atoms with Crippen LogP contribution >= 0.6 is 0 Å². The lowest BCUT2D eigenvalue weighted by Gasteiger charge is -2.55. The molecule has 0 aliphatic heterocycles. The molecule has 3 atom stereocenters. The van der Waals surface area contributed by atoms with Crippen molar-refractivity contribution in [1.82, 2.24) is 0 Å². The zero-order chi connectivity index (χ0) is 10.5. The van der Waals surface area contributed by atoms with Gasteiger partial charge in [-0.15, -0.1) is 0 Å². The molecule has 0 unspecified atom stereocenters. The molecule has 2 nitrogen and oxygen atoms in total. The first kappa shape index (κ1) is 9.44. The van der Waals surface area contributed by atoms with Gasteiger partial charge in [0, 0.05) is 18.8 Å². The zero-order valence-corrected chi connectivity index (χ0v) is 9.29. The number of fused-ring (bicyclic) bond motifs is 4. The third-order valence-corrected chi connectivity index (χ3v) is 4.46. The molecule has 3 rings (SSSR count). The van der Waals surface area contributed by atoms with E-state index < -0.39 is 0 Å². The van der Waals surface area contributed by atoms with E-state index in [0.29, 0.717) is 11.8 Å². The van der Waals surface area contributed by atoms with Crippen molar-refractivity contribution in [2.75, 3.05) is 0 Å². The molecule has 3 aliphatic carbocycles. The van der Waals surface area contributed by atoms with Gasteiger partial charge in [-0.05, 0) is 38.5 Å². The van der Waals surface area contributed by atoms with Gasteiger partial charge in [-0.25, -0.2) is 0 Å². The molecule has 0 saturated heterocycles. The van der Waals surface area contributed by atoms with Crippen molar-refractivity contribution in [2.24, 2.45) is 11.8 Å². The first-order chi connectivity index (χ1) is 7.24. The Balaban J connectivity index is 1.91. The van der Waals surface area contributed by atoms with E-state index in [1.54, 1.807) is 12.5 Å². The second-order valence-electron chi connectivity index (χ2n) is 5.18. The predicted octanol–water partition coefficient (Wildman–Crippen LogP) is 2.83. The Kier molecular flexibility index (Phi) is 1.95. The molecule has 3 aliphatic rings. The Morgan fingerprint density at radius 2 is 2.13 bits per heavy atom. The molecule has 0 aromatic rings. The Hall–Kier alpha value is -0.790. The van der Waals surface area contributed by atoms with Crippen LogP contribution in [-0.4, -0.2) is 11.6 Å². The number of ether oxygens (including phenoxy) is 1. The smallest absolute Gasteiger partial charge is 0.303 e. The Labute approximate surface area is 90.7 Å². The molecule has 0 bridgehead atoms. The normalized spacial score (nSPS) is 42.3. The lowest BCUT2D eigenvalue weighted by atomic mass is 9.55. The number of carbonyl (C=O) groups is 1. The zero-order valence-electron chi connectivity index (χ0n) is 9.29. The number of carbonyl (C=O) groups excluding carboxylic acids is 1. The van der Waals surface area contributed by atoms with Crippen molar-refractivity contribution in [1.29, 1.82) is 0 Å². The fourth-order valence-corrected chi connectivity index (χ4v) is 4.04. The number of rotatable bonds is 1. The summed E-state index contributed by atoms with van der Waals surface area (Å²) in [5.41, 5.74) is 1.54. The fourth-order valence-electron chi connectivity index (χ4n) is 4.04. The lowest BCUT2D eigenvalue weighted by Crippen LogP contribution is -2.57. The summed E-state index contributed by atoms with van der Waals surface area (Å²) in [6, 6.07) is 0. The van der Waals surface area contributed by atoms with Gasteiger partial charge in [0.1, 0.15) is 5.60 Å². The maximum absolute atomic E-state index is 11.2. The van der Waals surface area contributed by atoms with Crippen molar-refractivity contribution in [3.63, 3.8) is 0 Å². The molecule has 0 aromatic carbocycles. The number of esters is 1. The average Bonchev–Trinajstić information content (AvgIpc) is 2.55. The maximum atomic E-state index is 11.2. The molecular weight excluding hydrogens is 188 g/mol. The number of allylic oxidation sites excluding steroid dienone is 1. The first-order valence-electron chi connectivity index (χ1n) is 6.13. The molecule has 15 heavy (non-hydrogen) atoms. The third kappa shape index (κ3) is 1.14. The quantitative estimate of drug-likeness (QED) is 0.487. The van der Waals surface area contributed by atoms with E-state index >= 15 is 0 Å². The predicted molar refractivity (Wildman–Crippen MR) is 57.3 cm³/mol. The molecule has 0 amide bonds. The van der Waals surface area contributed by atoms with E-state index in [9.17, 15) is 4.79 Å². The minimum Gasteiger partial charge on any atom is -0.458 e. The highest BCUT2D eigenvalue weighted by Gasteiger charge is 2.63. The van der Waals surface area contributed by atoms with Crippen LogP contribution in [0.4, 0.5) is 0 Å². The van der Waals surface area contributed by atoms with Crippen LogP contribution in [0.15, 0.2) is 11.6 Å². The molecule has 0 aromatic heterocycles. The van der Waals surface area contributed by atoms with Crippen LogP contribution in [0.3, 0.4) is 0 Å². The monoisotopic (exact) mass is 206 g/mol. The summed E-state index contributed by atoms with van der Waals surface area (Å²) in [6.45, 7) is 1.55. The van der Waals surface area contributed by atoms with Crippen molar-refractivity contribution in [3.8, 4) is 0 Å². The maximum Gasteiger partial charge on any atom is 0.303 e. The van der Waals surface area contributed by atoms with Gasteiger partial charge in [-0.1, -0.05) is 11.6 Å². The van der Waals surface area contributed by atoms with Gasteiger partial charge in [0.15, 0.2) is 0 Å². The van der Waals surface area contributed by atoms with Crippen LogP contribution in [0.5, 0.6) is 0 Å². The van der Waals surface area contributed by atoms with Crippen molar-refractivity contribution in [2.45, 2.75) is 51.0 Å². The van der Waals surface area contributed by atoms with E-state index in [2.05, 4.69) is 6.08 Å². The Bertz CT molecular complexity index is 331. The minimum absolute atomic E-state index is 0.0713. The van der Waals surface area contributed by atoms with E-state index in [0.717, 1.165) is 6.42 Å². The van der Waals surface area contributed by atoms with Gasteiger partial charge in [-0.3, -0.25) is 4.79 Å². The van der Waals surface area contributed by atoms with Crippen molar-refractivity contribution in [3.05, 3.63) is 11.6 Å². The van der Waals surface area contributed by atoms with E-state index in [4.69, 9.17) is 4.74 Å². The molecule has 2 fully saturated rings. The summed E-state index contributed by atoms with van der Waals surface area (Å²) < 4.78 is 5.69. The van der Waals surface area contributed by atoms with E-state index in [1.807, 2.05) is 0 Å². The van der Waals surface area contributed by atoms with Gasteiger partial charge in [-0.2, -0.15) is 0 Å². The summed E-state index contributed by atoms with van der Waals surface area (Å²) >= 11 is 0. The van der Waals surface area contributed by atoms with E-state index in [-0.39, 0.29) is 11.6 Å². The van der Waals surface area contributed by atoms with Crippen LogP contribution in [0.2, 0.25) is 0 Å². The molecular formula is C13H18O2. The summed E-state index contributed by atoms with van der Waals surface area (Å²) in [5, 5.41) is 0. The molecule has 0 heterocycles. The van der Waals surface area contributed by atoms with Crippen LogP contribution in [-0.2, 0) is 9.53 Å². The van der Waals surface area contributed by atoms with Crippen molar-refractivity contribution >= 4 is 5.97 Å². The van der Waals surface area contributed by atoms with Crippen LogP contribution in [0.25, 0.3) is 0 Å². The standard InChI is InChI=1S/C13H18O2/c1-9(14)15-13-8-4-7-12(13)10-5-2-3-6-11(10)13/h5,11-12H,2-4,6-8H2,1H3/t11-,12+,13-/m0/s1. The summed E-state index contributed by atoms with van der Waals surface area (Å²) in [5.74, 6) is 1.06. The number of hydrogen-bond donors (Lipinski definition) is 0. The SMILES string of the molecule is CC(=O)O[C@]12CCC[C@@H]1C1=CCCC[C@@H]12. The Morgan fingerprint density at radius 3 is 2.87 bits per heavy atom. The van der Waals surface area contributed by atoms with Crippen molar-refractivity contribution < 1.29 is 9.53 Å². The lowest BCUT2D eigenvalue weighted by molar-refractivity contribution is -0.178. The minimum atomic E-state index is -0.0912. The fraction of sp³-hybridized carbons (Fsp3) is 0.769. The summed E-state index contributed by atoms with van der Waals surface area (Å²) in [7, 11) is 0. The highest BCUT2D eigenvalue weighted by Crippen LogP contribution is 2.62. The summed E-state index contributed by atoms with van der Waals surface area (Å²) in [6.07, 6.45) is 9.70. The molecule has 0 spiro atoms. The number of hydrogen-bond acceptors (Lipinski definition) is 2. The van der Waals surface area contributed by atoms with Crippen LogP contribution in [0, 0.1) is 11.8 Å².